The average molecular weight is 192 g/mol. The van der Waals surface area contributed by atoms with Gasteiger partial charge in [-0.15, -0.1) is 0 Å². The number of rotatable bonds is 2. The Morgan fingerprint density at radius 2 is 2.29 bits per heavy atom. The maximum absolute atomic E-state index is 4.56. The Kier molecular flexibility index (Phi) is 2.01. The van der Waals surface area contributed by atoms with E-state index in [1.54, 1.807) is 0 Å². The molecule has 1 aliphatic carbocycles. The summed E-state index contributed by atoms with van der Waals surface area (Å²) >= 11 is 0. The van der Waals surface area contributed by atoms with Crippen LogP contribution in [0.15, 0.2) is 6.33 Å². The lowest BCUT2D eigenvalue weighted by Gasteiger charge is -2.22. The smallest absolute Gasteiger partial charge is 0.153 e. The zero-order valence-electron chi connectivity index (χ0n) is 8.32. The molecule has 1 saturated heterocycles. The maximum atomic E-state index is 4.56. The molecule has 0 amide bonds. The van der Waals surface area contributed by atoms with Gasteiger partial charge in [-0.05, 0) is 32.2 Å². The Morgan fingerprint density at radius 1 is 1.36 bits per heavy atom. The van der Waals surface area contributed by atoms with Gasteiger partial charge in [0.2, 0.25) is 0 Å². The van der Waals surface area contributed by atoms with E-state index in [0.717, 1.165) is 18.9 Å². The van der Waals surface area contributed by atoms with Crippen molar-refractivity contribution in [2.45, 2.75) is 37.6 Å². The van der Waals surface area contributed by atoms with Crippen molar-refractivity contribution in [3.8, 4) is 0 Å². The van der Waals surface area contributed by atoms with E-state index in [1.165, 1.54) is 25.7 Å². The molecule has 14 heavy (non-hydrogen) atoms. The summed E-state index contributed by atoms with van der Waals surface area (Å²) in [4.78, 5) is 4.38. The lowest BCUT2D eigenvalue weighted by atomic mass is 10.1. The van der Waals surface area contributed by atoms with Crippen LogP contribution in [-0.2, 0) is 0 Å². The Hall–Kier alpha value is -0.900. The van der Waals surface area contributed by atoms with Crippen LogP contribution in [0.4, 0.5) is 0 Å². The molecular formula is C10H16N4. The molecule has 1 aliphatic heterocycles. The monoisotopic (exact) mass is 192 g/mol. The largest absolute Gasteiger partial charge is 0.315 e. The third-order valence-electron chi connectivity index (χ3n) is 3.11. The van der Waals surface area contributed by atoms with E-state index in [9.17, 15) is 0 Å². The van der Waals surface area contributed by atoms with Gasteiger partial charge in [-0.25, -0.2) is 9.67 Å². The molecule has 0 unspecified atom stereocenters. The minimum absolute atomic E-state index is 0.531. The summed E-state index contributed by atoms with van der Waals surface area (Å²) in [5.74, 6) is 1.74. The molecule has 1 aromatic rings. The molecule has 2 fully saturated rings. The van der Waals surface area contributed by atoms with Crippen LogP contribution < -0.4 is 5.32 Å². The van der Waals surface area contributed by atoms with E-state index in [1.807, 2.05) is 6.33 Å². The second-order valence-electron chi connectivity index (χ2n) is 4.36. The van der Waals surface area contributed by atoms with Gasteiger partial charge in [-0.2, -0.15) is 5.10 Å². The van der Waals surface area contributed by atoms with Crippen molar-refractivity contribution in [1.29, 1.82) is 0 Å². The number of hydrogen-bond donors (Lipinski definition) is 1. The normalized spacial score (nSPS) is 27.9. The van der Waals surface area contributed by atoms with E-state index in [4.69, 9.17) is 0 Å². The number of piperidine rings is 1. The van der Waals surface area contributed by atoms with Crippen molar-refractivity contribution in [2.75, 3.05) is 13.1 Å². The van der Waals surface area contributed by atoms with E-state index in [-0.39, 0.29) is 0 Å². The molecule has 4 nitrogen and oxygen atoms in total. The van der Waals surface area contributed by atoms with Gasteiger partial charge < -0.3 is 5.32 Å². The van der Waals surface area contributed by atoms with Gasteiger partial charge in [-0.3, -0.25) is 0 Å². The predicted molar refractivity (Wildman–Crippen MR) is 53.1 cm³/mol. The zero-order chi connectivity index (χ0) is 9.38. The van der Waals surface area contributed by atoms with Crippen molar-refractivity contribution >= 4 is 0 Å². The summed E-state index contributed by atoms with van der Waals surface area (Å²) in [6, 6.07) is 0.531. The summed E-state index contributed by atoms with van der Waals surface area (Å²) in [5.41, 5.74) is 0. The molecule has 1 aromatic heterocycles. The fraction of sp³-hybridized carbons (Fsp3) is 0.800. The summed E-state index contributed by atoms with van der Waals surface area (Å²) in [7, 11) is 0. The third-order valence-corrected chi connectivity index (χ3v) is 3.11. The first-order valence-corrected chi connectivity index (χ1v) is 5.55. The fourth-order valence-corrected chi connectivity index (χ4v) is 2.05. The highest BCUT2D eigenvalue weighted by atomic mass is 15.4. The van der Waals surface area contributed by atoms with Crippen molar-refractivity contribution in [1.82, 2.24) is 20.1 Å². The first kappa shape index (κ1) is 8.41. The zero-order valence-corrected chi connectivity index (χ0v) is 8.32. The minimum atomic E-state index is 0.531. The Morgan fingerprint density at radius 3 is 3.00 bits per heavy atom. The first-order chi connectivity index (χ1) is 6.93. The number of aromatic nitrogens is 3. The highest BCUT2D eigenvalue weighted by Crippen LogP contribution is 2.37. The molecule has 3 rings (SSSR count). The van der Waals surface area contributed by atoms with Gasteiger partial charge in [0.15, 0.2) is 5.82 Å². The van der Waals surface area contributed by atoms with Gasteiger partial charge in [0, 0.05) is 12.5 Å². The lowest BCUT2D eigenvalue weighted by Crippen LogP contribution is -2.31. The summed E-state index contributed by atoms with van der Waals surface area (Å²) in [6.45, 7) is 2.20. The molecule has 0 aromatic carbocycles. The second-order valence-corrected chi connectivity index (χ2v) is 4.36. The van der Waals surface area contributed by atoms with E-state index < -0.39 is 0 Å². The van der Waals surface area contributed by atoms with E-state index in [0.29, 0.717) is 12.0 Å². The molecule has 0 bridgehead atoms. The summed E-state index contributed by atoms with van der Waals surface area (Å²) in [5, 5.41) is 7.96. The lowest BCUT2D eigenvalue weighted by molar-refractivity contribution is 0.345. The average Bonchev–Trinajstić information content (AvgIpc) is 2.98. The predicted octanol–water partition coefficient (Wildman–Crippen LogP) is 1.08. The molecule has 1 saturated carbocycles. The Bertz CT molecular complexity index is 310. The van der Waals surface area contributed by atoms with E-state index in [2.05, 4.69) is 20.1 Å². The highest BCUT2D eigenvalue weighted by molar-refractivity contribution is 5.02. The quantitative estimate of drug-likeness (QED) is 0.762. The van der Waals surface area contributed by atoms with Crippen LogP contribution in [-0.4, -0.2) is 27.9 Å². The number of nitrogens with zero attached hydrogens (tertiary/aromatic N) is 3. The van der Waals surface area contributed by atoms with Crippen LogP contribution in [0.5, 0.6) is 0 Å². The minimum Gasteiger partial charge on any atom is -0.315 e. The summed E-state index contributed by atoms with van der Waals surface area (Å²) < 4.78 is 2.06. The molecule has 2 aliphatic rings. The topological polar surface area (TPSA) is 42.7 Å². The maximum Gasteiger partial charge on any atom is 0.153 e. The molecule has 1 N–H and O–H groups in total. The number of nitrogens with one attached hydrogen (secondary N) is 1. The van der Waals surface area contributed by atoms with Crippen LogP contribution in [0, 0.1) is 0 Å². The fourth-order valence-electron chi connectivity index (χ4n) is 2.05. The van der Waals surface area contributed by atoms with Gasteiger partial charge in [0.05, 0.1) is 6.04 Å². The molecule has 76 valence electrons. The van der Waals surface area contributed by atoms with Crippen LogP contribution >= 0.6 is 0 Å². The number of hydrogen-bond acceptors (Lipinski definition) is 3. The Balaban J connectivity index is 1.74. The van der Waals surface area contributed by atoms with Crippen LogP contribution in [0.1, 0.15) is 43.5 Å². The molecule has 0 spiro atoms. The SMILES string of the molecule is c1nc(C2CC2)nn1[C@H]1CCCNC1. The van der Waals surface area contributed by atoms with Gasteiger partial charge >= 0.3 is 0 Å². The third kappa shape index (κ3) is 1.54. The van der Waals surface area contributed by atoms with E-state index >= 15 is 0 Å². The van der Waals surface area contributed by atoms with Crippen molar-refractivity contribution in [2.24, 2.45) is 0 Å². The van der Waals surface area contributed by atoms with Crippen molar-refractivity contribution < 1.29 is 0 Å². The first-order valence-electron chi connectivity index (χ1n) is 5.55. The van der Waals surface area contributed by atoms with Crippen molar-refractivity contribution in [3.05, 3.63) is 12.2 Å². The molecule has 0 radical (unpaired) electrons. The van der Waals surface area contributed by atoms with Crippen LogP contribution in [0.25, 0.3) is 0 Å². The molecule has 4 heteroatoms. The standard InChI is InChI=1S/C10H16N4/c1-2-9(6-11-5-1)14-7-12-10(13-14)8-3-4-8/h7-9,11H,1-6H2/t9-/m0/s1. The van der Waals surface area contributed by atoms with Crippen LogP contribution in [0.2, 0.25) is 0 Å². The van der Waals surface area contributed by atoms with Gasteiger partial charge in [0.1, 0.15) is 6.33 Å². The Labute approximate surface area is 83.7 Å². The second kappa shape index (κ2) is 3.35. The van der Waals surface area contributed by atoms with Gasteiger partial charge in [-0.1, -0.05) is 0 Å². The molecule has 2 heterocycles. The highest BCUT2D eigenvalue weighted by Gasteiger charge is 2.28. The summed E-state index contributed by atoms with van der Waals surface area (Å²) in [6.07, 6.45) is 6.97. The van der Waals surface area contributed by atoms with Gasteiger partial charge in [0.25, 0.3) is 0 Å². The van der Waals surface area contributed by atoms with Crippen molar-refractivity contribution in [3.63, 3.8) is 0 Å². The molecular weight excluding hydrogens is 176 g/mol. The molecule has 1 atom stereocenters. The van der Waals surface area contributed by atoms with Crippen LogP contribution in [0.3, 0.4) is 0 Å².